The van der Waals surface area contributed by atoms with E-state index in [1.165, 1.54) is 16.7 Å². The highest BCUT2D eigenvalue weighted by Gasteiger charge is 2.20. The fourth-order valence-corrected chi connectivity index (χ4v) is 4.69. The van der Waals surface area contributed by atoms with Crippen LogP contribution < -0.4 is 0 Å². The first-order valence-corrected chi connectivity index (χ1v) is 11.3. The Hall–Kier alpha value is -3.27. The number of benzene rings is 3. The van der Waals surface area contributed by atoms with Gasteiger partial charge in [0.05, 0.1) is 11.4 Å². The van der Waals surface area contributed by atoms with Gasteiger partial charge in [-0.05, 0) is 52.6 Å². The smallest absolute Gasteiger partial charge is 0.104 e. The summed E-state index contributed by atoms with van der Waals surface area (Å²) in [6, 6.07) is 26.9. The largest absolute Gasteiger partial charge is 0.256 e. The zero-order chi connectivity index (χ0) is 21.0. The Bertz CT molecular complexity index is 1330. The molecule has 150 valence electrons. The molecule has 0 fully saturated rings. The van der Waals surface area contributed by atoms with Gasteiger partial charge < -0.3 is 0 Å². The van der Waals surface area contributed by atoms with Gasteiger partial charge in [0.25, 0.3) is 0 Å². The van der Waals surface area contributed by atoms with Crippen LogP contribution in [0.4, 0.5) is 0 Å². The SMILES string of the molecule is Clc1ccc(C(c2ccc3nccc(/C=C/c4ccccc4)c3c2)c2nccs2)cc1. The van der Waals surface area contributed by atoms with Crippen molar-refractivity contribution in [2.45, 2.75) is 5.92 Å². The fourth-order valence-electron chi connectivity index (χ4n) is 3.77. The molecule has 2 nitrogen and oxygen atoms in total. The molecule has 0 aliphatic carbocycles. The van der Waals surface area contributed by atoms with Crippen molar-refractivity contribution < 1.29 is 0 Å². The molecule has 5 rings (SSSR count). The Labute approximate surface area is 190 Å². The number of halogens is 1. The van der Waals surface area contributed by atoms with Crippen molar-refractivity contribution in [3.63, 3.8) is 0 Å². The van der Waals surface area contributed by atoms with E-state index in [2.05, 4.69) is 70.7 Å². The highest BCUT2D eigenvalue weighted by molar-refractivity contribution is 7.09. The third-order valence-corrected chi connectivity index (χ3v) is 6.38. The molecule has 1 atom stereocenters. The van der Waals surface area contributed by atoms with Crippen LogP contribution >= 0.6 is 22.9 Å². The second-order valence-electron chi connectivity index (χ2n) is 7.28. The third kappa shape index (κ3) is 4.29. The summed E-state index contributed by atoms with van der Waals surface area (Å²) in [7, 11) is 0. The van der Waals surface area contributed by atoms with Gasteiger partial charge in [-0.1, -0.05) is 72.3 Å². The molecule has 2 heterocycles. The number of nitrogens with zero attached hydrogens (tertiary/aromatic N) is 2. The minimum absolute atomic E-state index is 0.0489. The van der Waals surface area contributed by atoms with Crippen molar-refractivity contribution in [1.29, 1.82) is 0 Å². The quantitative estimate of drug-likeness (QED) is 0.281. The zero-order valence-electron chi connectivity index (χ0n) is 16.7. The molecule has 0 radical (unpaired) electrons. The van der Waals surface area contributed by atoms with Crippen molar-refractivity contribution in [3.8, 4) is 0 Å². The molecule has 0 spiro atoms. The molecule has 0 saturated heterocycles. The molecule has 4 heteroatoms. The maximum Gasteiger partial charge on any atom is 0.104 e. The summed E-state index contributed by atoms with van der Waals surface area (Å²) in [6.45, 7) is 0. The molecule has 1 unspecified atom stereocenters. The summed E-state index contributed by atoms with van der Waals surface area (Å²) >= 11 is 7.81. The summed E-state index contributed by atoms with van der Waals surface area (Å²) in [5.41, 5.74) is 5.65. The standard InChI is InChI=1S/C27H19ClN2S/c28-23-11-8-21(9-12-23)26(27-30-16-17-31-27)22-10-13-25-24(18-22)20(14-15-29-25)7-6-19-4-2-1-3-5-19/h1-18,26H/b7-6+. The lowest BCUT2D eigenvalue weighted by Gasteiger charge is -2.17. The topological polar surface area (TPSA) is 25.8 Å². The molecule has 0 aliphatic heterocycles. The molecule has 5 aromatic rings. The summed E-state index contributed by atoms with van der Waals surface area (Å²) < 4.78 is 0. The van der Waals surface area contributed by atoms with Crippen LogP contribution in [-0.2, 0) is 0 Å². The predicted octanol–water partition coefficient (Wildman–Crippen LogP) is 7.70. The van der Waals surface area contributed by atoms with E-state index in [1.54, 1.807) is 11.3 Å². The number of pyridine rings is 1. The lowest BCUT2D eigenvalue weighted by Crippen LogP contribution is -2.03. The maximum absolute atomic E-state index is 6.14. The molecule has 3 aromatic carbocycles. The summed E-state index contributed by atoms with van der Waals surface area (Å²) in [6.07, 6.45) is 8.02. The summed E-state index contributed by atoms with van der Waals surface area (Å²) in [5.74, 6) is 0.0489. The minimum atomic E-state index is 0.0489. The Morgan fingerprint density at radius 3 is 2.35 bits per heavy atom. The molecular formula is C27H19ClN2S. The Morgan fingerprint density at radius 1 is 0.774 bits per heavy atom. The van der Waals surface area contributed by atoms with Crippen molar-refractivity contribution in [3.05, 3.63) is 129 Å². The van der Waals surface area contributed by atoms with Gasteiger partial charge in [-0.15, -0.1) is 11.3 Å². The molecule has 0 saturated carbocycles. The average molecular weight is 439 g/mol. The van der Waals surface area contributed by atoms with Crippen LogP contribution in [0.15, 0.2) is 96.6 Å². The summed E-state index contributed by atoms with van der Waals surface area (Å²) in [5, 5.41) is 4.95. The second-order valence-corrected chi connectivity index (χ2v) is 8.64. The molecule has 0 bridgehead atoms. The van der Waals surface area contributed by atoms with E-state index in [0.29, 0.717) is 0 Å². The Balaban J connectivity index is 1.62. The van der Waals surface area contributed by atoms with Crippen LogP contribution in [-0.4, -0.2) is 9.97 Å². The van der Waals surface area contributed by atoms with Gasteiger partial charge in [0.15, 0.2) is 0 Å². The van der Waals surface area contributed by atoms with Crippen molar-refractivity contribution >= 4 is 46.0 Å². The number of hydrogen-bond donors (Lipinski definition) is 0. The molecule has 2 aromatic heterocycles. The van der Waals surface area contributed by atoms with Crippen LogP contribution in [0.5, 0.6) is 0 Å². The Kier molecular flexibility index (Phi) is 5.61. The number of fused-ring (bicyclic) bond motifs is 1. The highest BCUT2D eigenvalue weighted by atomic mass is 35.5. The van der Waals surface area contributed by atoms with Gasteiger partial charge in [0.1, 0.15) is 5.01 Å². The molecular weight excluding hydrogens is 420 g/mol. The van der Waals surface area contributed by atoms with Gasteiger partial charge in [-0.2, -0.15) is 0 Å². The van der Waals surface area contributed by atoms with Gasteiger partial charge in [-0.3, -0.25) is 4.98 Å². The third-order valence-electron chi connectivity index (χ3n) is 5.29. The van der Waals surface area contributed by atoms with Crippen LogP contribution in [0, 0.1) is 0 Å². The van der Waals surface area contributed by atoms with Crippen molar-refractivity contribution in [2.24, 2.45) is 0 Å². The van der Waals surface area contributed by atoms with Crippen LogP contribution in [0.2, 0.25) is 5.02 Å². The Morgan fingerprint density at radius 2 is 1.58 bits per heavy atom. The molecule has 0 amide bonds. The molecule has 0 aliphatic rings. The number of thiazole rings is 1. The van der Waals surface area contributed by atoms with Gasteiger partial charge in [0.2, 0.25) is 0 Å². The maximum atomic E-state index is 6.14. The van der Waals surface area contributed by atoms with Gasteiger partial charge >= 0.3 is 0 Å². The first kappa shape index (κ1) is 19.7. The van der Waals surface area contributed by atoms with E-state index in [0.717, 1.165) is 26.5 Å². The van der Waals surface area contributed by atoms with Crippen LogP contribution in [0.25, 0.3) is 23.1 Å². The first-order valence-electron chi connectivity index (χ1n) is 10.0. The highest BCUT2D eigenvalue weighted by Crippen LogP contribution is 2.35. The first-order chi connectivity index (χ1) is 15.3. The van der Waals surface area contributed by atoms with Crippen molar-refractivity contribution in [2.75, 3.05) is 0 Å². The monoisotopic (exact) mass is 438 g/mol. The lowest BCUT2D eigenvalue weighted by molar-refractivity contribution is 0.958. The van der Waals surface area contributed by atoms with E-state index in [9.17, 15) is 0 Å². The van der Waals surface area contributed by atoms with Crippen molar-refractivity contribution in [1.82, 2.24) is 9.97 Å². The van der Waals surface area contributed by atoms with Crippen LogP contribution in [0.3, 0.4) is 0 Å². The molecule has 31 heavy (non-hydrogen) atoms. The zero-order valence-corrected chi connectivity index (χ0v) is 18.2. The lowest BCUT2D eigenvalue weighted by atomic mass is 9.90. The predicted molar refractivity (Wildman–Crippen MR) is 132 cm³/mol. The number of hydrogen-bond acceptors (Lipinski definition) is 3. The van der Waals surface area contributed by atoms with E-state index in [1.807, 2.05) is 48.1 Å². The number of aromatic nitrogens is 2. The van der Waals surface area contributed by atoms with Crippen LogP contribution in [0.1, 0.15) is 33.2 Å². The average Bonchev–Trinajstić information content (AvgIpc) is 3.34. The van der Waals surface area contributed by atoms with E-state index < -0.39 is 0 Å². The van der Waals surface area contributed by atoms with Gasteiger partial charge in [0, 0.05) is 28.2 Å². The minimum Gasteiger partial charge on any atom is -0.256 e. The van der Waals surface area contributed by atoms with E-state index in [4.69, 9.17) is 11.6 Å². The normalized spacial score (nSPS) is 12.4. The fraction of sp³-hybridized carbons (Fsp3) is 0.0370. The second kappa shape index (κ2) is 8.84. The van der Waals surface area contributed by atoms with E-state index >= 15 is 0 Å². The summed E-state index contributed by atoms with van der Waals surface area (Å²) in [4.78, 5) is 9.21. The van der Waals surface area contributed by atoms with E-state index in [-0.39, 0.29) is 5.92 Å². The number of rotatable bonds is 5. The molecule has 0 N–H and O–H groups in total. The van der Waals surface area contributed by atoms with Gasteiger partial charge in [-0.25, -0.2) is 4.98 Å².